The number of carbonyl (C=O) groups is 1. The summed E-state index contributed by atoms with van der Waals surface area (Å²) < 4.78 is 16.0. The molecule has 0 N–H and O–H groups in total. The van der Waals surface area contributed by atoms with E-state index < -0.39 is 5.97 Å². The van der Waals surface area contributed by atoms with E-state index in [0.29, 0.717) is 28.7 Å². The first kappa shape index (κ1) is 18.1. The van der Waals surface area contributed by atoms with Crippen LogP contribution in [0.1, 0.15) is 10.4 Å². The van der Waals surface area contributed by atoms with Crippen LogP contribution in [0.5, 0.6) is 28.7 Å². The third-order valence-corrected chi connectivity index (χ3v) is 3.67. The molecule has 27 heavy (non-hydrogen) atoms. The smallest absolute Gasteiger partial charge is 0.389 e. The molecule has 6 nitrogen and oxygen atoms in total. The van der Waals surface area contributed by atoms with Crippen molar-refractivity contribution in [2.24, 2.45) is 0 Å². The highest BCUT2D eigenvalue weighted by molar-refractivity contribution is 5.92. The molecule has 3 rings (SSSR count). The van der Waals surface area contributed by atoms with Crippen LogP contribution >= 0.6 is 0 Å². The molecule has 0 aromatic heterocycles. The molecule has 0 fully saturated rings. The van der Waals surface area contributed by atoms with Crippen molar-refractivity contribution in [2.75, 3.05) is 14.2 Å². The van der Waals surface area contributed by atoms with Crippen LogP contribution in [0.2, 0.25) is 0 Å². The van der Waals surface area contributed by atoms with Crippen LogP contribution in [0.3, 0.4) is 0 Å². The number of rotatable bonds is 7. The lowest BCUT2D eigenvalue weighted by molar-refractivity contribution is -0.149. The quantitative estimate of drug-likeness (QED) is 0.448. The Morgan fingerprint density at radius 3 is 1.78 bits per heavy atom. The lowest BCUT2D eigenvalue weighted by atomic mass is 10.2. The molecule has 0 aliphatic rings. The molecule has 6 heteroatoms. The summed E-state index contributed by atoms with van der Waals surface area (Å²) in [7, 11) is 3.15. The van der Waals surface area contributed by atoms with E-state index >= 15 is 0 Å². The van der Waals surface area contributed by atoms with Gasteiger partial charge in [0.2, 0.25) is 0 Å². The molecule has 0 aliphatic heterocycles. The number of benzene rings is 3. The Balaban J connectivity index is 1.68. The predicted molar refractivity (Wildman–Crippen MR) is 98.5 cm³/mol. The molecule has 3 aromatic carbocycles. The zero-order valence-corrected chi connectivity index (χ0v) is 14.9. The van der Waals surface area contributed by atoms with Gasteiger partial charge >= 0.3 is 5.97 Å². The first-order valence-corrected chi connectivity index (χ1v) is 8.13. The number of ether oxygens (including phenoxy) is 3. The Kier molecular flexibility index (Phi) is 5.79. The molecular weight excluding hydrogens is 348 g/mol. The normalized spacial score (nSPS) is 10.0. The Morgan fingerprint density at radius 1 is 0.667 bits per heavy atom. The molecule has 0 radical (unpaired) electrons. The number of hydrogen-bond donors (Lipinski definition) is 0. The first-order chi connectivity index (χ1) is 13.2. The SMILES string of the molecule is COc1ccc(OOC(=O)c2ccccc2Oc2ccc(OC)cc2)cc1. The van der Waals surface area contributed by atoms with Crippen molar-refractivity contribution in [1.82, 2.24) is 0 Å². The van der Waals surface area contributed by atoms with Crippen LogP contribution in [0.25, 0.3) is 0 Å². The van der Waals surface area contributed by atoms with Gasteiger partial charge in [-0.1, -0.05) is 12.1 Å². The summed E-state index contributed by atoms with van der Waals surface area (Å²) >= 11 is 0. The highest BCUT2D eigenvalue weighted by atomic mass is 17.2. The predicted octanol–water partition coefficient (Wildman–Crippen LogP) is 4.65. The third kappa shape index (κ3) is 4.70. The molecule has 0 aliphatic carbocycles. The molecule has 0 heterocycles. The maximum absolute atomic E-state index is 12.4. The van der Waals surface area contributed by atoms with Crippen molar-refractivity contribution < 1.29 is 28.8 Å². The van der Waals surface area contributed by atoms with Gasteiger partial charge in [0.05, 0.1) is 14.2 Å². The van der Waals surface area contributed by atoms with Crippen molar-refractivity contribution in [2.45, 2.75) is 0 Å². The van der Waals surface area contributed by atoms with Crippen molar-refractivity contribution in [3.63, 3.8) is 0 Å². The van der Waals surface area contributed by atoms with E-state index in [2.05, 4.69) is 0 Å². The summed E-state index contributed by atoms with van der Waals surface area (Å²) in [6.45, 7) is 0. The van der Waals surface area contributed by atoms with Gasteiger partial charge in [0.15, 0.2) is 5.75 Å². The second-order valence-corrected chi connectivity index (χ2v) is 5.40. The summed E-state index contributed by atoms with van der Waals surface area (Å²) in [4.78, 5) is 22.4. The van der Waals surface area contributed by atoms with Gasteiger partial charge in [0.1, 0.15) is 28.6 Å². The van der Waals surface area contributed by atoms with Gasteiger partial charge < -0.3 is 14.2 Å². The van der Waals surface area contributed by atoms with Crippen LogP contribution in [0, 0.1) is 0 Å². The minimum atomic E-state index is -0.671. The van der Waals surface area contributed by atoms with E-state index in [-0.39, 0.29) is 5.56 Å². The van der Waals surface area contributed by atoms with Gasteiger partial charge in [-0.25, -0.2) is 9.68 Å². The molecule has 0 spiro atoms. The summed E-state index contributed by atoms with van der Waals surface area (Å²) in [5.41, 5.74) is 0.238. The Bertz CT molecular complexity index is 887. The number of hydrogen-bond acceptors (Lipinski definition) is 6. The van der Waals surface area contributed by atoms with Gasteiger partial charge in [0.25, 0.3) is 0 Å². The lowest BCUT2D eigenvalue weighted by Crippen LogP contribution is -2.09. The fourth-order valence-electron chi connectivity index (χ4n) is 2.26. The van der Waals surface area contributed by atoms with E-state index in [9.17, 15) is 4.79 Å². The van der Waals surface area contributed by atoms with E-state index in [4.69, 9.17) is 24.0 Å². The molecule has 138 valence electrons. The van der Waals surface area contributed by atoms with E-state index in [1.807, 2.05) is 0 Å². The van der Waals surface area contributed by atoms with Gasteiger partial charge in [-0.05, 0) is 60.7 Å². The van der Waals surface area contributed by atoms with E-state index in [1.165, 1.54) is 0 Å². The summed E-state index contributed by atoms with van der Waals surface area (Å²) in [6, 6.07) is 20.4. The zero-order chi connectivity index (χ0) is 19.1. The molecule has 0 atom stereocenters. The number of para-hydroxylation sites is 1. The average molecular weight is 366 g/mol. The molecule has 0 amide bonds. The molecule has 3 aromatic rings. The molecular formula is C21H18O6. The zero-order valence-electron chi connectivity index (χ0n) is 14.9. The van der Waals surface area contributed by atoms with Crippen molar-refractivity contribution in [3.05, 3.63) is 78.4 Å². The van der Waals surface area contributed by atoms with Crippen LogP contribution in [0.4, 0.5) is 0 Å². The van der Waals surface area contributed by atoms with Crippen molar-refractivity contribution in [1.29, 1.82) is 0 Å². The maximum atomic E-state index is 12.4. The second kappa shape index (κ2) is 8.62. The van der Waals surface area contributed by atoms with E-state index in [1.54, 1.807) is 87.0 Å². The largest absolute Gasteiger partial charge is 0.497 e. The monoisotopic (exact) mass is 366 g/mol. The second-order valence-electron chi connectivity index (χ2n) is 5.40. The standard InChI is InChI=1S/C21H18O6/c1-23-15-7-11-17(12-8-15)25-20-6-4-3-5-19(20)21(22)27-26-18-13-9-16(24-2)10-14-18/h3-14H,1-2H3. The lowest BCUT2D eigenvalue weighted by Gasteiger charge is -2.11. The molecule has 0 bridgehead atoms. The minimum absolute atomic E-state index is 0.238. The van der Waals surface area contributed by atoms with E-state index in [0.717, 1.165) is 0 Å². The highest BCUT2D eigenvalue weighted by Gasteiger charge is 2.16. The van der Waals surface area contributed by atoms with Crippen LogP contribution in [-0.4, -0.2) is 20.2 Å². The Labute approximate surface area is 156 Å². The number of methoxy groups -OCH3 is 2. The van der Waals surface area contributed by atoms with Gasteiger partial charge in [-0.3, -0.25) is 4.89 Å². The van der Waals surface area contributed by atoms with Crippen LogP contribution in [-0.2, 0) is 4.89 Å². The first-order valence-electron chi connectivity index (χ1n) is 8.13. The topological polar surface area (TPSA) is 63.2 Å². The van der Waals surface area contributed by atoms with Crippen molar-refractivity contribution >= 4 is 5.97 Å². The summed E-state index contributed by atoms with van der Waals surface area (Å²) in [5.74, 6) is 2.00. The van der Waals surface area contributed by atoms with Crippen LogP contribution < -0.4 is 19.1 Å². The fourth-order valence-corrected chi connectivity index (χ4v) is 2.26. The fraction of sp³-hybridized carbons (Fsp3) is 0.0952. The average Bonchev–Trinajstić information content (AvgIpc) is 2.73. The number of carbonyl (C=O) groups excluding carboxylic acids is 1. The van der Waals surface area contributed by atoms with Crippen LogP contribution in [0.15, 0.2) is 72.8 Å². The van der Waals surface area contributed by atoms with Gasteiger partial charge in [-0.2, -0.15) is 0 Å². The molecule has 0 unspecified atom stereocenters. The molecule has 0 saturated carbocycles. The Hall–Kier alpha value is -3.67. The third-order valence-electron chi connectivity index (χ3n) is 3.67. The summed E-state index contributed by atoms with van der Waals surface area (Å²) in [5, 5.41) is 0. The molecule has 0 saturated heterocycles. The summed E-state index contributed by atoms with van der Waals surface area (Å²) in [6.07, 6.45) is 0. The van der Waals surface area contributed by atoms with Gasteiger partial charge in [0, 0.05) is 0 Å². The highest BCUT2D eigenvalue weighted by Crippen LogP contribution is 2.27. The Morgan fingerprint density at radius 2 is 1.19 bits per heavy atom. The van der Waals surface area contributed by atoms with Gasteiger partial charge in [-0.15, -0.1) is 0 Å². The minimum Gasteiger partial charge on any atom is -0.497 e. The maximum Gasteiger partial charge on any atom is 0.389 e. The van der Waals surface area contributed by atoms with Crippen molar-refractivity contribution in [3.8, 4) is 28.7 Å².